The number of carbonyl (C=O) groups excluding carboxylic acids is 2. The summed E-state index contributed by atoms with van der Waals surface area (Å²) in [5, 5.41) is 0. The van der Waals surface area contributed by atoms with E-state index in [9.17, 15) is 9.59 Å². The second-order valence-corrected chi connectivity index (χ2v) is 4.48. The van der Waals surface area contributed by atoms with Crippen LogP contribution in [-0.4, -0.2) is 38.1 Å². The van der Waals surface area contributed by atoms with Gasteiger partial charge in [0.15, 0.2) is 0 Å². The van der Waals surface area contributed by atoms with E-state index in [2.05, 4.69) is 13.2 Å². The smallest absolute Gasteiger partial charge is 0.434 e. The van der Waals surface area contributed by atoms with Crippen molar-refractivity contribution in [1.29, 1.82) is 0 Å². The molecule has 0 bridgehead atoms. The van der Waals surface area contributed by atoms with Gasteiger partial charge in [-0.25, -0.2) is 9.59 Å². The molecule has 2 unspecified atom stereocenters. The minimum atomic E-state index is -1.14. The van der Waals surface area contributed by atoms with Crippen LogP contribution < -0.4 is 0 Å². The third-order valence-corrected chi connectivity index (χ3v) is 2.51. The molecule has 0 saturated carbocycles. The summed E-state index contributed by atoms with van der Waals surface area (Å²) in [4.78, 5) is 22.8. The first-order chi connectivity index (χ1) is 11.1. The third-order valence-electron chi connectivity index (χ3n) is 2.51. The van der Waals surface area contributed by atoms with Crippen LogP contribution in [0.5, 0.6) is 0 Å². The highest BCUT2D eigenvalue weighted by atomic mass is 16.8. The zero-order chi connectivity index (χ0) is 17.5. The Bertz CT molecular complexity index is 333. The third kappa shape index (κ3) is 11.2. The van der Waals surface area contributed by atoms with Crippen LogP contribution in [0.25, 0.3) is 0 Å². The molecule has 0 rings (SSSR count). The van der Waals surface area contributed by atoms with E-state index in [1.54, 1.807) is 0 Å². The molecule has 0 aromatic heterocycles. The summed E-state index contributed by atoms with van der Waals surface area (Å²) in [6, 6.07) is 0. The maximum absolute atomic E-state index is 11.4. The van der Waals surface area contributed by atoms with Crippen molar-refractivity contribution in [3.63, 3.8) is 0 Å². The molecule has 0 radical (unpaired) electrons. The standard InChI is InChI=1S/C16H26O7/c1-5-9-11-19-15(17)22-13(7-3)21-14(8-4)23-16(18)20-12-10-6-2/h7-8,13-14H,3-6,9-12H2,1-2H3. The van der Waals surface area contributed by atoms with Gasteiger partial charge in [0, 0.05) is 0 Å². The van der Waals surface area contributed by atoms with E-state index in [0.29, 0.717) is 0 Å². The van der Waals surface area contributed by atoms with E-state index < -0.39 is 24.9 Å². The Morgan fingerprint density at radius 1 is 0.870 bits per heavy atom. The van der Waals surface area contributed by atoms with E-state index in [0.717, 1.165) is 25.7 Å². The second kappa shape index (κ2) is 13.6. The molecule has 7 heteroatoms. The number of rotatable bonds is 12. The molecule has 0 aromatic rings. The monoisotopic (exact) mass is 330 g/mol. The molecule has 0 aliphatic heterocycles. The Morgan fingerprint density at radius 3 is 1.57 bits per heavy atom. The Morgan fingerprint density at radius 2 is 1.26 bits per heavy atom. The summed E-state index contributed by atoms with van der Waals surface area (Å²) in [5.41, 5.74) is 0. The van der Waals surface area contributed by atoms with Gasteiger partial charge in [0.2, 0.25) is 12.6 Å². The van der Waals surface area contributed by atoms with Gasteiger partial charge in [-0.3, -0.25) is 4.74 Å². The van der Waals surface area contributed by atoms with E-state index in [-0.39, 0.29) is 13.2 Å². The minimum Gasteiger partial charge on any atom is -0.434 e. The molecule has 0 spiro atoms. The summed E-state index contributed by atoms with van der Waals surface area (Å²) in [5.74, 6) is 0. The molecule has 132 valence electrons. The second-order valence-electron chi connectivity index (χ2n) is 4.48. The van der Waals surface area contributed by atoms with Crippen LogP contribution in [0.4, 0.5) is 9.59 Å². The van der Waals surface area contributed by atoms with E-state index in [1.165, 1.54) is 12.2 Å². The lowest BCUT2D eigenvalue weighted by molar-refractivity contribution is -0.180. The van der Waals surface area contributed by atoms with Gasteiger partial charge < -0.3 is 18.9 Å². The van der Waals surface area contributed by atoms with Gasteiger partial charge in [0.1, 0.15) is 0 Å². The fraction of sp³-hybridized carbons (Fsp3) is 0.625. The predicted molar refractivity (Wildman–Crippen MR) is 83.7 cm³/mol. The van der Waals surface area contributed by atoms with E-state index >= 15 is 0 Å². The molecule has 0 fully saturated rings. The van der Waals surface area contributed by atoms with Gasteiger partial charge in [0.25, 0.3) is 0 Å². The average Bonchev–Trinajstić information content (AvgIpc) is 2.53. The van der Waals surface area contributed by atoms with Crippen LogP contribution >= 0.6 is 0 Å². The lowest BCUT2D eigenvalue weighted by atomic mass is 10.4. The van der Waals surface area contributed by atoms with Gasteiger partial charge in [-0.2, -0.15) is 0 Å². The van der Waals surface area contributed by atoms with Crippen molar-refractivity contribution in [1.82, 2.24) is 0 Å². The highest BCUT2D eigenvalue weighted by Crippen LogP contribution is 2.08. The summed E-state index contributed by atoms with van der Waals surface area (Å²) in [7, 11) is 0. The number of hydrogen-bond acceptors (Lipinski definition) is 7. The summed E-state index contributed by atoms with van der Waals surface area (Å²) >= 11 is 0. The van der Waals surface area contributed by atoms with Crippen molar-refractivity contribution in [2.24, 2.45) is 0 Å². The summed E-state index contributed by atoms with van der Waals surface area (Å²) < 4.78 is 24.6. The molecule has 0 aliphatic rings. The summed E-state index contributed by atoms with van der Waals surface area (Å²) in [6.07, 6.45) is 1.63. The van der Waals surface area contributed by atoms with Gasteiger partial charge in [-0.1, -0.05) is 39.8 Å². The zero-order valence-corrected chi connectivity index (χ0v) is 13.8. The largest absolute Gasteiger partial charge is 0.510 e. The van der Waals surface area contributed by atoms with E-state index in [1.807, 2.05) is 13.8 Å². The zero-order valence-electron chi connectivity index (χ0n) is 13.8. The minimum absolute atomic E-state index is 0.254. The molecular weight excluding hydrogens is 304 g/mol. The number of carbonyl (C=O) groups is 2. The number of unbranched alkanes of at least 4 members (excludes halogenated alkanes) is 2. The molecule has 23 heavy (non-hydrogen) atoms. The van der Waals surface area contributed by atoms with Crippen molar-refractivity contribution in [3.8, 4) is 0 Å². The lowest BCUT2D eigenvalue weighted by Gasteiger charge is -2.19. The van der Waals surface area contributed by atoms with Crippen LogP contribution in [-0.2, 0) is 23.7 Å². The Labute approximate surface area is 137 Å². The van der Waals surface area contributed by atoms with Crippen molar-refractivity contribution >= 4 is 12.3 Å². The number of ether oxygens (including phenoxy) is 5. The predicted octanol–water partition coefficient (Wildman–Crippen LogP) is 3.93. The highest BCUT2D eigenvalue weighted by molar-refractivity contribution is 5.60. The van der Waals surface area contributed by atoms with Gasteiger partial charge >= 0.3 is 12.3 Å². The first kappa shape index (κ1) is 21.0. The quantitative estimate of drug-likeness (QED) is 0.232. The molecule has 0 heterocycles. The fourth-order valence-corrected chi connectivity index (χ4v) is 1.25. The van der Waals surface area contributed by atoms with Crippen LogP contribution in [0.2, 0.25) is 0 Å². The highest BCUT2D eigenvalue weighted by Gasteiger charge is 2.20. The maximum Gasteiger partial charge on any atom is 0.510 e. The van der Waals surface area contributed by atoms with Crippen LogP contribution in [0.15, 0.2) is 25.3 Å². The van der Waals surface area contributed by atoms with Crippen LogP contribution in [0.1, 0.15) is 39.5 Å². The molecule has 2 atom stereocenters. The Kier molecular flexibility index (Phi) is 12.4. The van der Waals surface area contributed by atoms with Gasteiger partial charge in [-0.05, 0) is 25.0 Å². The molecular formula is C16H26O7. The molecule has 0 aliphatic carbocycles. The Balaban J connectivity index is 4.23. The van der Waals surface area contributed by atoms with E-state index in [4.69, 9.17) is 23.7 Å². The molecule has 7 nitrogen and oxygen atoms in total. The Hall–Kier alpha value is -2.02. The first-order valence-corrected chi connectivity index (χ1v) is 7.64. The molecule has 0 N–H and O–H groups in total. The van der Waals surface area contributed by atoms with Gasteiger partial charge in [-0.15, -0.1) is 0 Å². The number of hydrogen-bond donors (Lipinski definition) is 0. The van der Waals surface area contributed by atoms with Crippen molar-refractivity contribution < 1.29 is 33.3 Å². The molecule has 0 aromatic carbocycles. The van der Waals surface area contributed by atoms with Crippen molar-refractivity contribution in [3.05, 3.63) is 25.3 Å². The molecule has 0 amide bonds. The lowest BCUT2D eigenvalue weighted by Crippen LogP contribution is -2.28. The maximum atomic E-state index is 11.4. The topological polar surface area (TPSA) is 80.3 Å². The average molecular weight is 330 g/mol. The fourth-order valence-electron chi connectivity index (χ4n) is 1.25. The SMILES string of the molecule is C=CC(OC(=O)OCCCC)OC(C=C)OC(=O)OCCCC. The van der Waals surface area contributed by atoms with Gasteiger partial charge in [0.05, 0.1) is 13.2 Å². The summed E-state index contributed by atoms with van der Waals surface area (Å²) in [6.45, 7) is 11.4. The van der Waals surface area contributed by atoms with Crippen molar-refractivity contribution in [2.75, 3.05) is 13.2 Å². The van der Waals surface area contributed by atoms with Crippen molar-refractivity contribution in [2.45, 2.75) is 52.1 Å². The van der Waals surface area contributed by atoms with Crippen LogP contribution in [0.3, 0.4) is 0 Å². The molecule has 0 saturated heterocycles. The first-order valence-electron chi connectivity index (χ1n) is 7.64. The van der Waals surface area contributed by atoms with Crippen LogP contribution in [0, 0.1) is 0 Å². The normalized spacial score (nSPS) is 12.6.